The molecule has 1 atom stereocenters. The third-order valence-corrected chi connectivity index (χ3v) is 4.73. The number of piperazine rings is 1. The number of hydrogen-bond donors (Lipinski definition) is 1. The minimum atomic E-state index is 0.448. The van der Waals surface area contributed by atoms with Gasteiger partial charge in [-0.25, -0.2) is 0 Å². The van der Waals surface area contributed by atoms with E-state index in [1.54, 1.807) is 0 Å². The van der Waals surface area contributed by atoms with E-state index in [2.05, 4.69) is 65.1 Å². The fraction of sp³-hybridized carbons (Fsp3) is 0.667. The first kappa shape index (κ1) is 17.8. The molecule has 0 amide bonds. The van der Waals surface area contributed by atoms with Crippen LogP contribution in [-0.4, -0.2) is 37.7 Å². The smallest absolute Gasteiger partial charge is 0.124 e. The molecule has 1 aromatic rings. The van der Waals surface area contributed by atoms with E-state index in [1.165, 1.54) is 18.4 Å². The van der Waals surface area contributed by atoms with Crippen LogP contribution in [0.25, 0.3) is 0 Å². The van der Waals surface area contributed by atoms with Gasteiger partial charge in [-0.1, -0.05) is 29.8 Å². The highest BCUT2D eigenvalue weighted by atomic mass is 79.9. The van der Waals surface area contributed by atoms with Gasteiger partial charge in [0.1, 0.15) is 5.75 Å². The molecule has 0 saturated carbocycles. The topological polar surface area (TPSA) is 24.5 Å². The van der Waals surface area contributed by atoms with Gasteiger partial charge in [0.05, 0.1) is 6.61 Å². The number of hydrogen-bond acceptors (Lipinski definition) is 3. The molecule has 3 nitrogen and oxygen atoms in total. The van der Waals surface area contributed by atoms with Crippen molar-refractivity contribution in [2.75, 3.05) is 32.8 Å². The maximum atomic E-state index is 5.91. The minimum absolute atomic E-state index is 0.448. The first-order chi connectivity index (χ1) is 10.6. The second-order valence-electron chi connectivity index (χ2n) is 6.39. The zero-order valence-corrected chi connectivity index (χ0v) is 15.7. The Hall–Kier alpha value is -0.580. The summed E-state index contributed by atoms with van der Waals surface area (Å²) in [6.45, 7) is 11.8. The van der Waals surface area contributed by atoms with E-state index in [0.29, 0.717) is 12.6 Å². The van der Waals surface area contributed by atoms with Crippen LogP contribution >= 0.6 is 15.9 Å². The second kappa shape index (κ2) is 8.90. The highest BCUT2D eigenvalue weighted by molar-refractivity contribution is 9.10. The summed E-state index contributed by atoms with van der Waals surface area (Å²) in [5.74, 6) is 1.77. The van der Waals surface area contributed by atoms with Gasteiger partial charge in [-0.3, -0.25) is 4.90 Å². The maximum Gasteiger partial charge on any atom is 0.124 e. The standard InChI is InChI=1S/C18H29BrN2O/c1-4-22-18-8-6-15(19)13-16(18)17(7-5-14(2)3)21-11-9-20-10-12-21/h6,8,13-14,17,20H,4-5,7,9-12H2,1-3H3/t17-/m0/s1. The lowest BCUT2D eigenvalue weighted by molar-refractivity contribution is 0.156. The second-order valence-corrected chi connectivity index (χ2v) is 7.30. The Balaban J connectivity index is 2.27. The largest absolute Gasteiger partial charge is 0.494 e. The van der Waals surface area contributed by atoms with Crippen molar-refractivity contribution in [2.45, 2.75) is 39.7 Å². The van der Waals surface area contributed by atoms with E-state index >= 15 is 0 Å². The van der Waals surface area contributed by atoms with Crippen molar-refractivity contribution in [1.29, 1.82) is 0 Å². The van der Waals surface area contributed by atoms with Gasteiger partial charge in [-0.05, 0) is 43.9 Å². The van der Waals surface area contributed by atoms with E-state index < -0.39 is 0 Å². The summed E-state index contributed by atoms with van der Waals surface area (Å²) in [5, 5.41) is 3.45. The zero-order valence-electron chi connectivity index (χ0n) is 14.1. The summed E-state index contributed by atoms with van der Waals surface area (Å²) in [6, 6.07) is 6.88. The first-order valence-electron chi connectivity index (χ1n) is 8.48. The predicted octanol–water partition coefficient (Wildman–Crippen LogP) is 4.23. The van der Waals surface area contributed by atoms with Crippen molar-refractivity contribution in [2.24, 2.45) is 5.92 Å². The molecular weight excluding hydrogens is 340 g/mol. The Morgan fingerprint density at radius 2 is 1.95 bits per heavy atom. The summed E-state index contributed by atoms with van der Waals surface area (Å²) in [4.78, 5) is 2.61. The highest BCUT2D eigenvalue weighted by Crippen LogP contribution is 2.36. The lowest BCUT2D eigenvalue weighted by atomic mass is 9.95. The molecule has 4 heteroatoms. The Kier molecular flexibility index (Phi) is 7.19. The van der Waals surface area contributed by atoms with Gasteiger partial charge in [-0.15, -0.1) is 0 Å². The number of halogens is 1. The van der Waals surface area contributed by atoms with Gasteiger partial charge < -0.3 is 10.1 Å². The lowest BCUT2D eigenvalue weighted by Gasteiger charge is -2.36. The Bertz CT molecular complexity index is 458. The normalized spacial score (nSPS) is 17.7. The van der Waals surface area contributed by atoms with Crippen molar-refractivity contribution in [3.05, 3.63) is 28.2 Å². The molecule has 1 saturated heterocycles. The fourth-order valence-corrected chi connectivity index (χ4v) is 3.47. The number of ether oxygens (including phenoxy) is 1. The maximum absolute atomic E-state index is 5.91. The van der Waals surface area contributed by atoms with Crippen molar-refractivity contribution in [3.8, 4) is 5.75 Å². The van der Waals surface area contributed by atoms with Crippen LogP contribution in [-0.2, 0) is 0 Å². The van der Waals surface area contributed by atoms with Crippen LogP contribution in [0.2, 0.25) is 0 Å². The van der Waals surface area contributed by atoms with E-state index in [9.17, 15) is 0 Å². The molecule has 124 valence electrons. The molecule has 0 aliphatic carbocycles. The number of benzene rings is 1. The Labute approximate surface area is 143 Å². The molecular formula is C18H29BrN2O. The van der Waals surface area contributed by atoms with Crippen LogP contribution in [0.4, 0.5) is 0 Å². The van der Waals surface area contributed by atoms with Gasteiger partial charge in [-0.2, -0.15) is 0 Å². The van der Waals surface area contributed by atoms with Crippen molar-refractivity contribution in [3.63, 3.8) is 0 Å². The van der Waals surface area contributed by atoms with Crippen molar-refractivity contribution in [1.82, 2.24) is 10.2 Å². The minimum Gasteiger partial charge on any atom is -0.494 e. The van der Waals surface area contributed by atoms with E-state index in [-0.39, 0.29) is 0 Å². The summed E-state index contributed by atoms with van der Waals surface area (Å²) >= 11 is 3.63. The molecule has 1 N–H and O–H groups in total. The number of rotatable bonds is 7. The van der Waals surface area contributed by atoms with Crippen LogP contribution in [0.3, 0.4) is 0 Å². The summed E-state index contributed by atoms with van der Waals surface area (Å²) in [7, 11) is 0. The molecule has 0 bridgehead atoms. The zero-order chi connectivity index (χ0) is 15.9. The third kappa shape index (κ3) is 4.97. The molecule has 1 fully saturated rings. The molecule has 1 heterocycles. The monoisotopic (exact) mass is 368 g/mol. The van der Waals surface area contributed by atoms with E-state index in [1.807, 2.05) is 0 Å². The van der Waals surface area contributed by atoms with Crippen LogP contribution in [0.15, 0.2) is 22.7 Å². The van der Waals surface area contributed by atoms with Gasteiger partial charge in [0.15, 0.2) is 0 Å². The number of nitrogens with zero attached hydrogens (tertiary/aromatic N) is 1. The van der Waals surface area contributed by atoms with Crippen LogP contribution in [0.1, 0.15) is 45.2 Å². The molecule has 0 aromatic heterocycles. The van der Waals surface area contributed by atoms with Gasteiger partial charge in [0.25, 0.3) is 0 Å². The average molecular weight is 369 g/mol. The van der Waals surface area contributed by atoms with Gasteiger partial charge in [0, 0.05) is 42.3 Å². The van der Waals surface area contributed by atoms with Crippen LogP contribution in [0.5, 0.6) is 5.75 Å². The molecule has 0 radical (unpaired) electrons. The average Bonchev–Trinajstić information content (AvgIpc) is 2.51. The summed E-state index contributed by atoms with van der Waals surface area (Å²) < 4.78 is 7.04. The van der Waals surface area contributed by atoms with Crippen molar-refractivity contribution >= 4 is 15.9 Å². The Morgan fingerprint density at radius 1 is 1.23 bits per heavy atom. The molecule has 1 aliphatic rings. The van der Waals surface area contributed by atoms with Crippen LogP contribution in [0, 0.1) is 5.92 Å². The van der Waals surface area contributed by atoms with E-state index in [4.69, 9.17) is 4.74 Å². The molecule has 0 unspecified atom stereocenters. The third-order valence-electron chi connectivity index (χ3n) is 4.24. The summed E-state index contributed by atoms with van der Waals surface area (Å²) in [5.41, 5.74) is 1.33. The quantitative estimate of drug-likeness (QED) is 0.779. The number of nitrogens with one attached hydrogen (secondary N) is 1. The highest BCUT2D eigenvalue weighted by Gasteiger charge is 2.25. The van der Waals surface area contributed by atoms with Gasteiger partial charge in [0.2, 0.25) is 0 Å². The molecule has 2 rings (SSSR count). The van der Waals surface area contributed by atoms with Crippen LogP contribution < -0.4 is 10.1 Å². The lowest BCUT2D eigenvalue weighted by Crippen LogP contribution is -2.45. The predicted molar refractivity (Wildman–Crippen MR) is 96.6 cm³/mol. The van der Waals surface area contributed by atoms with E-state index in [0.717, 1.165) is 42.3 Å². The first-order valence-corrected chi connectivity index (χ1v) is 9.28. The fourth-order valence-electron chi connectivity index (χ4n) is 3.09. The van der Waals surface area contributed by atoms with Gasteiger partial charge >= 0.3 is 0 Å². The molecule has 0 spiro atoms. The van der Waals surface area contributed by atoms with Crippen molar-refractivity contribution < 1.29 is 4.74 Å². The molecule has 22 heavy (non-hydrogen) atoms. The summed E-state index contributed by atoms with van der Waals surface area (Å²) in [6.07, 6.45) is 2.43. The Morgan fingerprint density at radius 3 is 2.59 bits per heavy atom. The molecule has 1 aliphatic heterocycles. The molecule has 1 aromatic carbocycles. The SMILES string of the molecule is CCOc1ccc(Br)cc1[C@H](CCC(C)C)N1CCNCC1.